The van der Waals surface area contributed by atoms with Gasteiger partial charge in [0.2, 0.25) is 0 Å². The molecule has 82 valence electrons. The molecule has 0 saturated heterocycles. The molecule has 0 atom stereocenters. The normalized spacial score (nSPS) is 10.1. The monoisotopic (exact) mass is 236 g/mol. The van der Waals surface area contributed by atoms with Crippen LogP contribution in [0.15, 0.2) is 30.6 Å². The van der Waals surface area contributed by atoms with E-state index in [2.05, 4.69) is 15.4 Å². The van der Waals surface area contributed by atoms with Crippen LogP contribution in [0, 0.1) is 0 Å². The molecule has 0 aromatic carbocycles. The Morgan fingerprint density at radius 3 is 2.88 bits per heavy atom. The third-order valence-electron chi connectivity index (χ3n) is 2.02. The van der Waals surface area contributed by atoms with Gasteiger partial charge in [-0.1, -0.05) is 17.7 Å². The van der Waals surface area contributed by atoms with E-state index in [4.69, 9.17) is 11.6 Å². The van der Waals surface area contributed by atoms with Crippen molar-refractivity contribution < 1.29 is 4.79 Å². The molecule has 0 bridgehead atoms. The molecule has 0 unspecified atom stereocenters. The molecule has 2 rings (SSSR count). The summed E-state index contributed by atoms with van der Waals surface area (Å²) < 4.78 is 1.42. The lowest BCUT2D eigenvalue weighted by Crippen LogP contribution is -2.17. The predicted octanol–water partition coefficient (Wildman–Crippen LogP) is 1.72. The molecule has 1 amide bonds. The minimum absolute atomic E-state index is 0.312. The number of hydrogen-bond acceptors (Lipinski definition) is 3. The maximum absolute atomic E-state index is 11.8. The zero-order valence-corrected chi connectivity index (χ0v) is 9.27. The van der Waals surface area contributed by atoms with E-state index in [-0.39, 0.29) is 5.91 Å². The number of carbonyl (C=O) groups is 1. The van der Waals surface area contributed by atoms with E-state index in [0.717, 1.165) is 0 Å². The van der Waals surface area contributed by atoms with Gasteiger partial charge >= 0.3 is 0 Å². The number of aryl methyl sites for hydroxylation is 1. The van der Waals surface area contributed by atoms with Crippen molar-refractivity contribution in [1.29, 1.82) is 0 Å². The van der Waals surface area contributed by atoms with Crippen molar-refractivity contribution in [2.24, 2.45) is 7.05 Å². The molecule has 0 radical (unpaired) electrons. The summed E-state index contributed by atoms with van der Waals surface area (Å²) in [5.41, 5.74) is 0.312. The highest BCUT2D eigenvalue weighted by Gasteiger charge is 2.15. The second-order valence-electron chi connectivity index (χ2n) is 3.13. The largest absolute Gasteiger partial charge is 0.305 e. The van der Waals surface area contributed by atoms with Gasteiger partial charge in [-0.3, -0.25) is 9.48 Å². The molecule has 5 nitrogen and oxygen atoms in total. The van der Waals surface area contributed by atoms with Crippen molar-refractivity contribution in [1.82, 2.24) is 14.8 Å². The first-order chi connectivity index (χ1) is 7.68. The van der Waals surface area contributed by atoms with Crippen LogP contribution in [0.25, 0.3) is 0 Å². The zero-order valence-electron chi connectivity index (χ0n) is 8.51. The van der Waals surface area contributed by atoms with Gasteiger partial charge in [0, 0.05) is 13.2 Å². The quantitative estimate of drug-likeness (QED) is 0.864. The van der Waals surface area contributed by atoms with Crippen molar-refractivity contribution in [3.05, 3.63) is 41.3 Å². The lowest BCUT2D eigenvalue weighted by molar-refractivity contribution is 0.101. The van der Waals surface area contributed by atoms with Gasteiger partial charge < -0.3 is 5.32 Å². The van der Waals surface area contributed by atoms with Crippen LogP contribution >= 0.6 is 11.6 Å². The molecule has 0 aliphatic carbocycles. The molecule has 0 spiro atoms. The number of carbonyl (C=O) groups excluding carboxylic acids is 1. The van der Waals surface area contributed by atoms with Crippen molar-refractivity contribution in [2.45, 2.75) is 0 Å². The molecule has 2 aromatic rings. The topological polar surface area (TPSA) is 59.8 Å². The average molecular weight is 237 g/mol. The summed E-state index contributed by atoms with van der Waals surface area (Å²) in [6, 6.07) is 5.25. The van der Waals surface area contributed by atoms with Gasteiger partial charge in [0.05, 0.1) is 11.2 Å². The van der Waals surface area contributed by atoms with Gasteiger partial charge in [-0.05, 0) is 12.1 Å². The number of rotatable bonds is 2. The smallest absolute Gasteiger partial charge is 0.276 e. The highest BCUT2D eigenvalue weighted by atomic mass is 35.5. The maximum atomic E-state index is 11.8. The van der Waals surface area contributed by atoms with Crippen LogP contribution in [0.5, 0.6) is 0 Å². The Bertz CT molecular complexity index is 489. The van der Waals surface area contributed by atoms with Crippen LogP contribution in [0.4, 0.5) is 5.82 Å². The standard InChI is InChI=1S/C10H9ClN4O/c1-15-9(7(11)6-13-15)10(16)14-8-4-2-3-5-12-8/h2-6H,1H3,(H,12,14,16). The van der Waals surface area contributed by atoms with E-state index >= 15 is 0 Å². The molecule has 16 heavy (non-hydrogen) atoms. The van der Waals surface area contributed by atoms with E-state index in [1.807, 2.05) is 0 Å². The third-order valence-corrected chi connectivity index (χ3v) is 2.29. The number of hydrogen-bond donors (Lipinski definition) is 1. The van der Waals surface area contributed by atoms with Crippen LogP contribution < -0.4 is 5.32 Å². The summed E-state index contributed by atoms with van der Waals surface area (Å²) >= 11 is 5.84. The van der Waals surface area contributed by atoms with E-state index in [0.29, 0.717) is 16.5 Å². The van der Waals surface area contributed by atoms with Crippen LogP contribution in [0.1, 0.15) is 10.5 Å². The first-order valence-corrected chi connectivity index (χ1v) is 4.96. The van der Waals surface area contributed by atoms with Crippen molar-refractivity contribution in [3.8, 4) is 0 Å². The fourth-order valence-electron chi connectivity index (χ4n) is 1.28. The Morgan fingerprint density at radius 2 is 2.31 bits per heavy atom. The second kappa shape index (κ2) is 4.32. The molecule has 2 heterocycles. The lowest BCUT2D eigenvalue weighted by Gasteiger charge is -2.04. The summed E-state index contributed by atoms with van der Waals surface area (Å²) in [5, 5.41) is 6.83. The van der Waals surface area contributed by atoms with Gasteiger partial charge in [-0.25, -0.2) is 4.98 Å². The molecular formula is C10H9ClN4O. The molecule has 1 N–H and O–H groups in total. The van der Waals surface area contributed by atoms with Gasteiger partial charge in [0.15, 0.2) is 0 Å². The first-order valence-electron chi connectivity index (χ1n) is 4.58. The first kappa shape index (κ1) is 10.6. The fraction of sp³-hybridized carbons (Fsp3) is 0.100. The molecule has 0 aliphatic heterocycles. The van der Waals surface area contributed by atoms with Crippen molar-refractivity contribution >= 4 is 23.3 Å². The SMILES string of the molecule is Cn1ncc(Cl)c1C(=O)Nc1ccccn1. The van der Waals surface area contributed by atoms with E-state index < -0.39 is 0 Å². The highest BCUT2D eigenvalue weighted by molar-refractivity contribution is 6.34. The summed E-state index contributed by atoms with van der Waals surface area (Å²) in [6.07, 6.45) is 3.02. The number of nitrogens with one attached hydrogen (secondary N) is 1. The molecule has 6 heteroatoms. The number of aromatic nitrogens is 3. The van der Waals surface area contributed by atoms with E-state index in [1.54, 1.807) is 31.4 Å². The molecular weight excluding hydrogens is 228 g/mol. The van der Waals surface area contributed by atoms with Gasteiger partial charge in [0.25, 0.3) is 5.91 Å². The Morgan fingerprint density at radius 1 is 1.50 bits per heavy atom. The van der Waals surface area contributed by atoms with Crippen LogP contribution in [0.3, 0.4) is 0 Å². The number of anilines is 1. The van der Waals surface area contributed by atoms with Gasteiger partial charge in [-0.2, -0.15) is 5.10 Å². The Kier molecular flexibility index (Phi) is 2.87. The molecule has 0 aliphatic rings. The minimum atomic E-state index is -0.330. The molecule has 0 fully saturated rings. The lowest BCUT2D eigenvalue weighted by atomic mass is 10.4. The van der Waals surface area contributed by atoms with Crippen molar-refractivity contribution in [2.75, 3.05) is 5.32 Å². The summed E-state index contributed by atoms with van der Waals surface area (Å²) in [7, 11) is 1.65. The fourth-order valence-corrected chi connectivity index (χ4v) is 1.53. The molecule has 0 saturated carbocycles. The summed E-state index contributed by atoms with van der Waals surface area (Å²) in [5.74, 6) is 0.147. The minimum Gasteiger partial charge on any atom is -0.305 e. The summed E-state index contributed by atoms with van der Waals surface area (Å²) in [6.45, 7) is 0. The maximum Gasteiger partial charge on any atom is 0.276 e. The Balaban J connectivity index is 2.22. The second-order valence-corrected chi connectivity index (χ2v) is 3.54. The van der Waals surface area contributed by atoms with E-state index in [9.17, 15) is 4.79 Å². The number of pyridine rings is 1. The number of nitrogens with zero attached hydrogens (tertiary/aromatic N) is 3. The highest BCUT2D eigenvalue weighted by Crippen LogP contribution is 2.15. The van der Waals surface area contributed by atoms with Crippen LogP contribution in [-0.2, 0) is 7.05 Å². The van der Waals surface area contributed by atoms with Gasteiger partial charge in [-0.15, -0.1) is 0 Å². The van der Waals surface area contributed by atoms with Gasteiger partial charge in [0.1, 0.15) is 11.5 Å². The number of amides is 1. The van der Waals surface area contributed by atoms with Crippen LogP contribution in [-0.4, -0.2) is 20.7 Å². The number of halogens is 1. The Hall–Kier alpha value is -1.88. The third kappa shape index (κ3) is 2.04. The Labute approximate surface area is 97.1 Å². The summed E-state index contributed by atoms with van der Waals surface area (Å²) in [4.78, 5) is 15.8. The average Bonchev–Trinajstić information content (AvgIpc) is 2.60. The predicted molar refractivity (Wildman–Crippen MR) is 60.4 cm³/mol. The molecule has 2 aromatic heterocycles. The zero-order chi connectivity index (χ0) is 11.5. The van der Waals surface area contributed by atoms with E-state index in [1.165, 1.54) is 10.9 Å². The van der Waals surface area contributed by atoms with Crippen molar-refractivity contribution in [3.63, 3.8) is 0 Å². The van der Waals surface area contributed by atoms with Crippen LogP contribution in [0.2, 0.25) is 5.02 Å².